The minimum atomic E-state index is 0.0552. The van der Waals surface area contributed by atoms with E-state index in [4.69, 9.17) is 5.73 Å². The van der Waals surface area contributed by atoms with Crippen LogP contribution in [-0.4, -0.2) is 42.6 Å². The highest BCUT2D eigenvalue weighted by atomic mass is 15.2. The van der Waals surface area contributed by atoms with E-state index in [2.05, 4.69) is 40.9 Å². The molecule has 19 heavy (non-hydrogen) atoms. The average Bonchev–Trinajstić information content (AvgIpc) is 2.46. The minimum absolute atomic E-state index is 0.0552. The number of anilines is 1. The van der Waals surface area contributed by atoms with E-state index in [9.17, 15) is 0 Å². The Kier molecular flexibility index (Phi) is 4.77. The van der Waals surface area contributed by atoms with Crippen LogP contribution in [0.3, 0.4) is 0 Å². The molecule has 4 heteroatoms. The summed E-state index contributed by atoms with van der Waals surface area (Å²) in [4.78, 5) is 9.37. The summed E-state index contributed by atoms with van der Waals surface area (Å²) in [6, 6.07) is 4.84. The van der Waals surface area contributed by atoms with Crippen molar-refractivity contribution in [3.63, 3.8) is 0 Å². The molecule has 0 amide bonds. The van der Waals surface area contributed by atoms with Gasteiger partial charge in [0.25, 0.3) is 0 Å². The molecular formula is C15H26N4. The van der Waals surface area contributed by atoms with Gasteiger partial charge in [0.15, 0.2) is 0 Å². The summed E-state index contributed by atoms with van der Waals surface area (Å²) >= 11 is 0. The van der Waals surface area contributed by atoms with Gasteiger partial charge in [-0.2, -0.15) is 0 Å². The lowest BCUT2D eigenvalue weighted by Gasteiger charge is -2.36. The number of aromatic nitrogens is 1. The van der Waals surface area contributed by atoms with Crippen molar-refractivity contribution in [2.24, 2.45) is 5.73 Å². The highest BCUT2D eigenvalue weighted by Crippen LogP contribution is 2.21. The third kappa shape index (κ3) is 3.45. The predicted molar refractivity (Wildman–Crippen MR) is 80.4 cm³/mol. The van der Waals surface area contributed by atoms with Crippen molar-refractivity contribution < 1.29 is 0 Å². The second-order valence-corrected chi connectivity index (χ2v) is 5.51. The third-order valence-corrected chi connectivity index (χ3v) is 4.21. The van der Waals surface area contributed by atoms with Crippen LogP contribution in [0.4, 0.5) is 5.82 Å². The molecule has 0 unspecified atom stereocenters. The van der Waals surface area contributed by atoms with Crippen molar-refractivity contribution in [1.82, 2.24) is 9.88 Å². The fraction of sp³-hybridized carbons (Fsp3) is 0.667. The van der Waals surface area contributed by atoms with Crippen LogP contribution in [0.1, 0.15) is 38.3 Å². The number of hydrogen-bond donors (Lipinski definition) is 1. The Hall–Kier alpha value is -1.13. The number of nitrogens with two attached hydrogens (primary N) is 1. The fourth-order valence-electron chi connectivity index (χ4n) is 2.69. The first-order chi connectivity index (χ1) is 9.11. The molecule has 1 fully saturated rings. The van der Waals surface area contributed by atoms with Crippen LogP contribution in [0.5, 0.6) is 0 Å². The third-order valence-electron chi connectivity index (χ3n) is 4.21. The van der Waals surface area contributed by atoms with Crippen molar-refractivity contribution >= 4 is 5.82 Å². The zero-order valence-electron chi connectivity index (χ0n) is 12.3. The number of rotatable bonds is 4. The quantitative estimate of drug-likeness (QED) is 0.902. The van der Waals surface area contributed by atoms with Gasteiger partial charge in [-0.1, -0.05) is 13.0 Å². The van der Waals surface area contributed by atoms with E-state index in [-0.39, 0.29) is 6.04 Å². The van der Waals surface area contributed by atoms with Gasteiger partial charge in [0.05, 0.1) is 0 Å². The van der Waals surface area contributed by atoms with E-state index >= 15 is 0 Å². The van der Waals surface area contributed by atoms with E-state index < -0.39 is 0 Å². The maximum absolute atomic E-state index is 5.85. The van der Waals surface area contributed by atoms with Gasteiger partial charge in [-0.15, -0.1) is 0 Å². The van der Waals surface area contributed by atoms with Gasteiger partial charge in [0, 0.05) is 38.4 Å². The Bertz CT molecular complexity index is 380. The Morgan fingerprint density at radius 3 is 2.58 bits per heavy atom. The monoisotopic (exact) mass is 262 g/mol. The van der Waals surface area contributed by atoms with E-state index in [1.54, 1.807) is 0 Å². The molecule has 1 aliphatic heterocycles. The van der Waals surface area contributed by atoms with Crippen molar-refractivity contribution in [2.75, 3.05) is 31.6 Å². The lowest BCUT2D eigenvalue weighted by molar-refractivity contribution is 0.220. The average molecular weight is 262 g/mol. The number of hydrogen-bond acceptors (Lipinski definition) is 4. The first-order valence-corrected chi connectivity index (χ1v) is 7.28. The van der Waals surface area contributed by atoms with E-state index in [0.717, 1.165) is 17.9 Å². The van der Waals surface area contributed by atoms with E-state index in [1.165, 1.54) is 25.9 Å². The number of pyridine rings is 1. The summed E-state index contributed by atoms with van der Waals surface area (Å²) in [7, 11) is 2.15. The molecule has 1 aromatic heterocycles. The predicted octanol–water partition coefficient (Wildman–Crippen LogP) is 2.02. The van der Waals surface area contributed by atoms with Crippen LogP contribution in [0.25, 0.3) is 0 Å². The molecule has 4 nitrogen and oxygen atoms in total. The molecule has 0 saturated carbocycles. The molecule has 1 saturated heterocycles. The number of likely N-dealkylation sites (tertiary alicyclic amines) is 1. The topological polar surface area (TPSA) is 45.4 Å². The lowest BCUT2D eigenvalue weighted by Crippen LogP contribution is -2.43. The normalized spacial score (nSPS) is 19.4. The summed E-state index contributed by atoms with van der Waals surface area (Å²) in [5, 5.41) is 0. The molecule has 2 N–H and O–H groups in total. The zero-order valence-corrected chi connectivity index (χ0v) is 12.3. The van der Waals surface area contributed by atoms with Crippen LogP contribution in [0.15, 0.2) is 18.3 Å². The Morgan fingerprint density at radius 1 is 1.42 bits per heavy atom. The van der Waals surface area contributed by atoms with Crippen LogP contribution < -0.4 is 10.6 Å². The summed E-state index contributed by atoms with van der Waals surface area (Å²) < 4.78 is 0. The van der Waals surface area contributed by atoms with Gasteiger partial charge in [0.1, 0.15) is 5.82 Å². The molecule has 0 spiro atoms. The highest BCUT2D eigenvalue weighted by Gasteiger charge is 2.22. The molecule has 106 valence electrons. The Morgan fingerprint density at radius 2 is 2.11 bits per heavy atom. The van der Waals surface area contributed by atoms with Crippen molar-refractivity contribution in [3.8, 4) is 0 Å². The van der Waals surface area contributed by atoms with Crippen molar-refractivity contribution in [3.05, 3.63) is 23.9 Å². The molecule has 0 aliphatic carbocycles. The summed E-state index contributed by atoms with van der Waals surface area (Å²) in [6.07, 6.45) is 4.35. The van der Waals surface area contributed by atoms with Gasteiger partial charge >= 0.3 is 0 Å². The first-order valence-electron chi connectivity index (χ1n) is 7.28. The Labute approximate surface area is 116 Å². The molecule has 0 radical (unpaired) electrons. The summed E-state index contributed by atoms with van der Waals surface area (Å²) in [5.41, 5.74) is 6.95. The maximum atomic E-state index is 5.85. The van der Waals surface area contributed by atoms with Gasteiger partial charge < -0.3 is 15.5 Å². The molecular weight excluding hydrogens is 236 g/mol. The van der Waals surface area contributed by atoms with Crippen molar-refractivity contribution in [2.45, 2.75) is 38.8 Å². The van der Waals surface area contributed by atoms with Crippen LogP contribution in [-0.2, 0) is 0 Å². The molecule has 0 bridgehead atoms. The summed E-state index contributed by atoms with van der Waals surface area (Å²) in [5.74, 6) is 1.05. The number of nitrogens with zero attached hydrogens (tertiary/aromatic N) is 3. The lowest BCUT2D eigenvalue weighted by atomic mass is 10.0. The standard InChI is InChI=1S/C15H26N4/c1-4-19-9-7-14(8-10-19)18(3)15-6-5-13(11-17-15)12(2)16/h5-6,11-12,14H,4,7-10,16H2,1-3H3/t12-/m0/s1. The Balaban J connectivity index is 1.97. The number of piperidine rings is 1. The smallest absolute Gasteiger partial charge is 0.128 e. The fourth-order valence-corrected chi connectivity index (χ4v) is 2.69. The molecule has 1 aromatic rings. The van der Waals surface area contributed by atoms with E-state index in [0.29, 0.717) is 6.04 Å². The molecule has 2 heterocycles. The summed E-state index contributed by atoms with van der Waals surface area (Å²) in [6.45, 7) is 7.78. The molecule has 2 rings (SSSR count). The second-order valence-electron chi connectivity index (χ2n) is 5.51. The second kappa shape index (κ2) is 6.35. The minimum Gasteiger partial charge on any atom is -0.357 e. The van der Waals surface area contributed by atoms with Gasteiger partial charge in [-0.25, -0.2) is 4.98 Å². The van der Waals surface area contributed by atoms with Crippen LogP contribution in [0, 0.1) is 0 Å². The van der Waals surface area contributed by atoms with Crippen molar-refractivity contribution in [1.29, 1.82) is 0 Å². The SMILES string of the molecule is CCN1CCC(N(C)c2ccc([C@H](C)N)cn2)CC1. The largest absolute Gasteiger partial charge is 0.357 e. The van der Waals surface area contributed by atoms with Gasteiger partial charge in [0.2, 0.25) is 0 Å². The molecule has 1 atom stereocenters. The van der Waals surface area contributed by atoms with Crippen LogP contribution in [0.2, 0.25) is 0 Å². The molecule has 1 aliphatic rings. The molecule has 0 aromatic carbocycles. The van der Waals surface area contributed by atoms with Gasteiger partial charge in [-0.05, 0) is 37.9 Å². The van der Waals surface area contributed by atoms with Crippen LogP contribution >= 0.6 is 0 Å². The van der Waals surface area contributed by atoms with Gasteiger partial charge in [-0.3, -0.25) is 0 Å². The first kappa shape index (κ1) is 14.3. The van der Waals surface area contributed by atoms with E-state index in [1.807, 2.05) is 13.1 Å². The maximum Gasteiger partial charge on any atom is 0.128 e. The highest BCUT2D eigenvalue weighted by molar-refractivity contribution is 5.40. The zero-order chi connectivity index (χ0) is 13.8.